The van der Waals surface area contributed by atoms with Crippen molar-refractivity contribution in [2.75, 3.05) is 19.6 Å². The number of rotatable bonds is 4. The largest absolute Gasteiger partial charge is 0.352 e. The van der Waals surface area contributed by atoms with Crippen molar-refractivity contribution in [2.24, 2.45) is 5.92 Å². The molecule has 0 atom stereocenters. The van der Waals surface area contributed by atoms with Gasteiger partial charge in [-0.15, -0.1) is 0 Å². The third-order valence-electron chi connectivity index (χ3n) is 4.39. The monoisotopic (exact) mass is 362 g/mol. The van der Waals surface area contributed by atoms with Gasteiger partial charge in [-0.3, -0.25) is 4.79 Å². The van der Waals surface area contributed by atoms with Crippen LogP contribution >= 0.6 is 23.2 Å². The average Bonchev–Trinajstić information content (AvgIpc) is 2.60. The molecule has 0 unspecified atom stereocenters. The lowest BCUT2D eigenvalue weighted by atomic mass is 9.97. The Labute approximate surface area is 152 Å². The van der Waals surface area contributed by atoms with Gasteiger partial charge in [-0.05, 0) is 61.2 Å². The van der Waals surface area contributed by atoms with Crippen LogP contribution in [0.2, 0.25) is 10.0 Å². The summed E-state index contributed by atoms with van der Waals surface area (Å²) < 4.78 is 0. The number of piperidine rings is 1. The molecular formula is C19H20Cl2N2O. The Hall–Kier alpha value is -1.55. The minimum Gasteiger partial charge on any atom is -0.352 e. The Morgan fingerprint density at radius 2 is 1.88 bits per heavy atom. The summed E-state index contributed by atoms with van der Waals surface area (Å²) in [5, 5.41) is 7.47. The van der Waals surface area contributed by atoms with Crippen LogP contribution in [0.1, 0.15) is 23.2 Å². The first kappa shape index (κ1) is 17.3. The molecule has 0 bridgehead atoms. The van der Waals surface area contributed by atoms with E-state index in [0.29, 0.717) is 28.1 Å². The van der Waals surface area contributed by atoms with E-state index in [0.717, 1.165) is 37.1 Å². The van der Waals surface area contributed by atoms with Crippen LogP contribution < -0.4 is 10.6 Å². The first-order valence-electron chi connectivity index (χ1n) is 8.18. The van der Waals surface area contributed by atoms with E-state index in [4.69, 9.17) is 23.2 Å². The van der Waals surface area contributed by atoms with E-state index >= 15 is 0 Å². The topological polar surface area (TPSA) is 41.1 Å². The molecule has 1 amide bonds. The van der Waals surface area contributed by atoms with Crippen molar-refractivity contribution < 1.29 is 4.79 Å². The lowest BCUT2D eigenvalue weighted by Gasteiger charge is -2.23. The highest BCUT2D eigenvalue weighted by molar-refractivity contribution is 6.34. The van der Waals surface area contributed by atoms with Gasteiger partial charge in [-0.2, -0.15) is 0 Å². The third kappa shape index (κ3) is 4.10. The highest BCUT2D eigenvalue weighted by Crippen LogP contribution is 2.30. The summed E-state index contributed by atoms with van der Waals surface area (Å²) in [6, 6.07) is 13.0. The summed E-state index contributed by atoms with van der Waals surface area (Å²) in [4.78, 5) is 12.7. The highest BCUT2D eigenvalue weighted by atomic mass is 35.5. The highest BCUT2D eigenvalue weighted by Gasteiger charge is 2.19. The van der Waals surface area contributed by atoms with Crippen LogP contribution in [-0.4, -0.2) is 25.5 Å². The number of carbonyl (C=O) groups excluding carboxylic acids is 1. The Morgan fingerprint density at radius 3 is 2.62 bits per heavy atom. The number of amides is 1. The van der Waals surface area contributed by atoms with Crippen molar-refractivity contribution in [2.45, 2.75) is 12.8 Å². The molecule has 1 fully saturated rings. The SMILES string of the molecule is O=C(NCC1CCNCC1)c1c(Cl)cccc1-c1cccc(Cl)c1. The fourth-order valence-electron chi connectivity index (χ4n) is 3.06. The fourth-order valence-corrected chi connectivity index (χ4v) is 3.51. The Bertz CT molecular complexity index is 727. The van der Waals surface area contributed by atoms with Crippen LogP contribution in [0.25, 0.3) is 11.1 Å². The minimum absolute atomic E-state index is 0.130. The van der Waals surface area contributed by atoms with Gasteiger partial charge in [0.1, 0.15) is 0 Å². The van der Waals surface area contributed by atoms with E-state index in [-0.39, 0.29) is 5.91 Å². The molecule has 1 aliphatic rings. The molecule has 3 nitrogen and oxygen atoms in total. The van der Waals surface area contributed by atoms with Gasteiger partial charge in [0.15, 0.2) is 0 Å². The van der Waals surface area contributed by atoms with Crippen LogP contribution in [0.3, 0.4) is 0 Å². The zero-order valence-corrected chi connectivity index (χ0v) is 14.8. The van der Waals surface area contributed by atoms with Gasteiger partial charge < -0.3 is 10.6 Å². The first-order chi connectivity index (χ1) is 11.6. The van der Waals surface area contributed by atoms with Crippen molar-refractivity contribution in [3.8, 4) is 11.1 Å². The van der Waals surface area contributed by atoms with Crippen LogP contribution in [0, 0.1) is 5.92 Å². The number of halogens is 2. The number of carbonyl (C=O) groups is 1. The van der Waals surface area contributed by atoms with Gasteiger partial charge in [-0.1, -0.05) is 47.5 Å². The molecule has 5 heteroatoms. The molecule has 1 aliphatic heterocycles. The summed E-state index contributed by atoms with van der Waals surface area (Å²) in [5.74, 6) is 0.390. The molecule has 2 aromatic rings. The van der Waals surface area contributed by atoms with Crippen molar-refractivity contribution in [3.63, 3.8) is 0 Å². The van der Waals surface area contributed by atoms with E-state index in [1.54, 1.807) is 6.07 Å². The smallest absolute Gasteiger partial charge is 0.253 e. The van der Waals surface area contributed by atoms with E-state index in [9.17, 15) is 4.79 Å². The second-order valence-corrected chi connectivity index (χ2v) is 6.92. The molecule has 0 spiro atoms. The second-order valence-electron chi connectivity index (χ2n) is 6.08. The maximum Gasteiger partial charge on any atom is 0.253 e. The van der Waals surface area contributed by atoms with E-state index in [1.165, 1.54) is 0 Å². The summed E-state index contributed by atoms with van der Waals surface area (Å²) >= 11 is 12.4. The molecule has 0 aromatic heterocycles. The second kappa shape index (κ2) is 8.02. The third-order valence-corrected chi connectivity index (χ3v) is 4.94. The van der Waals surface area contributed by atoms with Gasteiger partial charge in [0.2, 0.25) is 0 Å². The standard InChI is InChI=1S/C19H20Cl2N2O/c20-15-4-1-3-14(11-15)16-5-2-6-17(21)18(16)19(24)23-12-13-7-9-22-10-8-13/h1-6,11,13,22H,7-10,12H2,(H,23,24). The lowest BCUT2D eigenvalue weighted by molar-refractivity contribution is 0.0945. The molecule has 1 heterocycles. The zero-order chi connectivity index (χ0) is 16.9. The van der Waals surface area contributed by atoms with Gasteiger partial charge in [0.05, 0.1) is 10.6 Å². The summed E-state index contributed by atoms with van der Waals surface area (Å²) in [7, 11) is 0. The van der Waals surface area contributed by atoms with Gasteiger partial charge >= 0.3 is 0 Å². The molecule has 1 saturated heterocycles. The number of benzene rings is 2. The predicted molar refractivity (Wildman–Crippen MR) is 99.8 cm³/mol. The van der Waals surface area contributed by atoms with E-state index in [1.807, 2.05) is 36.4 Å². The molecular weight excluding hydrogens is 343 g/mol. The zero-order valence-electron chi connectivity index (χ0n) is 13.3. The first-order valence-corrected chi connectivity index (χ1v) is 8.94. The fraction of sp³-hybridized carbons (Fsp3) is 0.316. The average molecular weight is 363 g/mol. The van der Waals surface area contributed by atoms with Gasteiger partial charge in [0.25, 0.3) is 5.91 Å². The molecule has 0 saturated carbocycles. The Balaban J connectivity index is 1.82. The molecule has 126 valence electrons. The molecule has 2 N–H and O–H groups in total. The van der Waals surface area contributed by atoms with Crippen LogP contribution in [0.5, 0.6) is 0 Å². The van der Waals surface area contributed by atoms with Crippen LogP contribution in [0.4, 0.5) is 0 Å². The Kier molecular flexibility index (Phi) is 5.77. The molecule has 2 aromatic carbocycles. The van der Waals surface area contributed by atoms with Gasteiger partial charge in [0, 0.05) is 11.6 Å². The summed E-state index contributed by atoms with van der Waals surface area (Å²) in [6.07, 6.45) is 2.17. The minimum atomic E-state index is -0.130. The maximum absolute atomic E-state index is 12.7. The van der Waals surface area contributed by atoms with Crippen molar-refractivity contribution in [1.82, 2.24) is 10.6 Å². The summed E-state index contributed by atoms with van der Waals surface area (Å²) in [5.41, 5.74) is 2.19. The van der Waals surface area contributed by atoms with Crippen molar-refractivity contribution in [1.29, 1.82) is 0 Å². The molecule has 3 rings (SSSR count). The maximum atomic E-state index is 12.7. The summed E-state index contributed by atoms with van der Waals surface area (Å²) in [6.45, 7) is 2.71. The van der Waals surface area contributed by atoms with E-state index in [2.05, 4.69) is 10.6 Å². The molecule has 24 heavy (non-hydrogen) atoms. The van der Waals surface area contributed by atoms with E-state index < -0.39 is 0 Å². The lowest BCUT2D eigenvalue weighted by Crippen LogP contribution is -2.36. The van der Waals surface area contributed by atoms with Crippen molar-refractivity contribution in [3.05, 3.63) is 58.1 Å². The number of hydrogen-bond acceptors (Lipinski definition) is 2. The molecule has 0 aliphatic carbocycles. The normalized spacial score (nSPS) is 15.2. The van der Waals surface area contributed by atoms with Gasteiger partial charge in [-0.25, -0.2) is 0 Å². The van der Waals surface area contributed by atoms with Crippen LogP contribution in [-0.2, 0) is 0 Å². The number of nitrogens with one attached hydrogen (secondary N) is 2. The Morgan fingerprint density at radius 1 is 1.12 bits per heavy atom. The quantitative estimate of drug-likeness (QED) is 0.846. The van der Waals surface area contributed by atoms with Crippen molar-refractivity contribution >= 4 is 29.1 Å². The molecule has 0 radical (unpaired) electrons. The van der Waals surface area contributed by atoms with Crippen LogP contribution in [0.15, 0.2) is 42.5 Å². The number of hydrogen-bond donors (Lipinski definition) is 2. The predicted octanol–water partition coefficient (Wildman–Crippen LogP) is 4.39.